The molecule has 1 aliphatic rings. The molecule has 8 heteroatoms. The van der Waals surface area contributed by atoms with Crippen molar-refractivity contribution in [1.29, 1.82) is 0 Å². The van der Waals surface area contributed by atoms with E-state index in [1.54, 1.807) is 23.1 Å². The van der Waals surface area contributed by atoms with Crippen molar-refractivity contribution in [3.63, 3.8) is 0 Å². The minimum atomic E-state index is -3.32. The second kappa shape index (κ2) is 7.72. The maximum absolute atomic E-state index is 13.2. The van der Waals surface area contributed by atoms with Crippen LogP contribution >= 0.6 is 11.6 Å². The largest absolute Gasteiger partial charge is 0.451 e. The predicted octanol–water partition coefficient (Wildman–Crippen LogP) is 3.59. The lowest BCUT2D eigenvalue weighted by atomic mass is 10.1. The number of rotatable bonds is 4. The Labute approximate surface area is 174 Å². The van der Waals surface area contributed by atoms with E-state index in [0.29, 0.717) is 47.7 Å². The molecule has 2 heterocycles. The lowest BCUT2D eigenvalue weighted by Crippen LogP contribution is -2.48. The van der Waals surface area contributed by atoms with Gasteiger partial charge >= 0.3 is 0 Å². The van der Waals surface area contributed by atoms with Crippen molar-refractivity contribution in [2.24, 2.45) is 0 Å². The fourth-order valence-electron chi connectivity index (χ4n) is 3.64. The summed E-state index contributed by atoms with van der Waals surface area (Å²) in [5, 5.41) is 1.35. The van der Waals surface area contributed by atoms with E-state index in [2.05, 4.69) is 4.90 Å². The van der Waals surface area contributed by atoms with Crippen LogP contribution in [0.3, 0.4) is 0 Å². The van der Waals surface area contributed by atoms with Gasteiger partial charge in [-0.2, -0.15) is 0 Å². The highest BCUT2D eigenvalue weighted by Gasteiger charge is 2.29. The molecule has 152 valence electrons. The van der Waals surface area contributed by atoms with Crippen molar-refractivity contribution >= 4 is 44.0 Å². The van der Waals surface area contributed by atoms with Gasteiger partial charge in [-0.1, -0.05) is 29.8 Å². The third kappa shape index (κ3) is 4.26. The van der Waals surface area contributed by atoms with Crippen LogP contribution in [0.15, 0.2) is 52.9 Å². The molecule has 0 unspecified atom stereocenters. The van der Waals surface area contributed by atoms with E-state index in [4.69, 9.17) is 16.0 Å². The van der Waals surface area contributed by atoms with Gasteiger partial charge in [-0.3, -0.25) is 4.79 Å². The maximum atomic E-state index is 13.2. The molecule has 0 radical (unpaired) electrons. The van der Waals surface area contributed by atoms with Gasteiger partial charge in [0.1, 0.15) is 5.58 Å². The minimum absolute atomic E-state index is 0.122. The van der Waals surface area contributed by atoms with Crippen LogP contribution in [-0.2, 0) is 15.6 Å². The number of anilines is 1. The zero-order valence-corrected chi connectivity index (χ0v) is 17.5. The minimum Gasteiger partial charge on any atom is -0.451 e. The smallest absolute Gasteiger partial charge is 0.290 e. The lowest BCUT2D eigenvalue weighted by Gasteiger charge is -2.35. The molecule has 0 spiro atoms. The first-order chi connectivity index (χ1) is 13.8. The first-order valence-corrected chi connectivity index (χ1v) is 11.7. The third-order valence-electron chi connectivity index (χ3n) is 5.06. The highest BCUT2D eigenvalue weighted by molar-refractivity contribution is 7.89. The zero-order chi connectivity index (χ0) is 20.6. The average molecular weight is 433 g/mol. The number of sulfone groups is 1. The second-order valence-electron chi connectivity index (χ2n) is 7.23. The van der Waals surface area contributed by atoms with Crippen molar-refractivity contribution in [3.8, 4) is 0 Å². The Morgan fingerprint density at radius 3 is 2.34 bits per heavy atom. The number of carbonyl (C=O) groups excluding carboxylic acids is 1. The van der Waals surface area contributed by atoms with Gasteiger partial charge < -0.3 is 14.2 Å². The second-order valence-corrected chi connectivity index (χ2v) is 9.81. The zero-order valence-electron chi connectivity index (χ0n) is 16.0. The summed E-state index contributed by atoms with van der Waals surface area (Å²) in [7, 11) is -3.32. The van der Waals surface area contributed by atoms with E-state index in [1.807, 2.05) is 30.3 Å². The number of fused-ring (bicyclic) bond motifs is 1. The molecule has 1 aliphatic heterocycles. The monoisotopic (exact) mass is 432 g/mol. The molecule has 0 atom stereocenters. The van der Waals surface area contributed by atoms with E-state index >= 15 is 0 Å². The highest BCUT2D eigenvalue weighted by Crippen LogP contribution is 2.29. The van der Waals surface area contributed by atoms with E-state index in [9.17, 15) is 13.2 Å². The predicted molar refractivity (Wildman–Crippen MR) is 114 cm³/mol. The topological polar surface area (TPSA) is 70.8 Å². The first-order valence-electron chi connectivity index (χ1n) is 9.30. The molecule has 0 aliphatic carbocycles. The number of amides is 1. The van der Waals surface area contributed by atoms with Gasteiger partial charge in [-0.15, -0.1) is 0 Å². The summed E-state index contributed by atoms with van der Waals surface area (Å²) in [4.78, 5) is 17.1. The van der Waals surface area contributed by atoms with Crippen LogP contribution in [0.1, 0.15) is 16.1 Å². The molecular weight excluding hydrogens is 412 g/mol. The number of para-hydroxylation sites is 1. The number of hydrogen-bond acceptors (Lipinski definition) is 5. The summed E-state index contributed by atoms with van der Waals surface area (Å²) in [6.45, 7) is 2.40. The van der Waals surface area contributed by atoms with Crippen LogP contribution < -0.4 is 4.90 Å². The summed E-state index contributed by atoms with van der Waals surface area (Å²) in [5.74, 6) is -0.372. The Balaban J connectivity index is 1.56. The molecule has 1 fully saturated rings. The molecule has 0 bridgehead atoms. The van der Waals surface area contributed by atoms with Crippen molar-refractivity contribution < 1.29 is 17.6 Å². The molecule has 29 heavy (non-hydrogen) atoms. The molecule has 0 saturated carbocycles. The summed E-state index contributed by atoms with van der Waals surface area (Å²) >= 11 is 5.95. The van der Waals surface area contributed by atoms with E-state index in [-0.39, 0.29) is 17.4 Å². The number of benzene rings is 2. The molecule has 2 aromatic carbocycles. The van der Waals surface area contributed by atoms with Gasteiger partial charge in [0, 0.05) is 54.1 Å². The molecular formula is C21H21ClN2O4S. The molecule has 1 amide bonds. The Bertz CT molecular complexity index is 1150. The van der Waals surface area contributed by atoms with Crippen LogP contribution in [0.4, 0.5) is 5.69 Å². The normalized spacial score (nSPS) is 15.1. The molecule has 1 aromatic heterocycles. The van der Waals surface area contributed by atoms with Crippen molar-refractivity contribution in [3.05, 3.63) is 64.9 Å². The van der Waals surface area contributed by atoms with Crippen molar-refractivity contribution in [2.75, 3.05) is 37.3 Å². The fraction of sp³-hybridized carbons (Fsp3) is 0.286. The van der Waals surface area contributed by atoms with Gasteiger partial charge in [0.05, 0.1) is 5.75 Å². The molecule has 6 nitrogen and oxygen atoms in total. The molecule has 1 saturated heterocycles. The molecule has 4 rings (SSSR count). The van der Waals surface area contributed by atoms with Gasteiger partial charge in [-0.05, 0) is 30.3 Å². The van der Waals surface area contributed by atoms with Crippen molar-refractivity contribution in [1.82, 2.24) is 4.90 Å². The van der Waals surface area contributed by atoms with Crippen molar-refractivity contribution in [2.45, 2.75) is 5.75 Å². The summed E-state index contributed by atoms with van der Waals surface area (Å²) in [6.07, 6.45) is 1.16. The number of furan rings is 1. The highest BCUT2D eigenvalue weighted by atomic mass is 35.5. The number of halogens is 1. The average Bonchev–Trinajstić information content (AvgIpc) is 3.05. The fourth-order valence-corrected chi connectivity index (χ4v) is 4.58. The van der Waals surface area contributed by atoms with Crippen LogP contribution in [-0.4, -0.2) is 51.7 Å². The third-order valence-corrected chi connectivity index (χ3v) is 6.12. The van der Waals surface area contributed by atoms with Gasteiger partial charge in [-0.25, -0.2) is 8.42 Å². The maximum Gasteiger partial charge on any atom is 0.290 e. The quantitative estimate of drug-likeness (QED) is 0.630. The first kappa shape index (κ1) is 19.8. The Kier molecular flexibility index (Phi) is 5.27. The Morgan fingerprint density at radius 2 is 1.69 bits per heavy atom. The Morgan fingerprint density at radius 1 is 1.03 bits per heavy atom. The van der Waals surface area contributed by atoms with Crippen LogP contribution in [0.5, 0.6) is 0 Å². The summed E-state index contributed by atoms with van der Waals surface area (Å²) < 4.78 is 29.7. The molecule has 3 aromatic rings. The number of piperazine rings is 1. The van der Waals surface area contributed by atoms with Gasteiger partial charge in [0.15, 0.2) is 15.6 Å². The summed E-state index contributed by atoms with van der Waals surface area (Å²) in [6, 6.07) is 14.8. The van der Waals surface area contributed by atoms with Crippen LogP contribution in [0.2, 0.25) is 5.02 Å². The van der Waals surface area contributed by atoms with Crippen LogP contribution in [0.25, 0.3) is 11.0 Å². The van der Waals surface area contributed by atoms with Gasteiger partial charge in [0.25, 0.3) is 5.91 Å². The number of carbonyl (C=O) groups is 1. The summed E-state index contributed by atoms with van der Waals surface area (Å²) in [5.41, 5.74) is 2.02. The SMILES string of the molecule is CS(=O)(=O)Cc1c(C(=O)N2CCN(c3ccc(Cl)cc3)CC2)oc2ccccc12. The standard InChI is InChI=1S/C21H21ClN2O4S/c1-29(26,27)14-18-17-4-2-3-5-19(17)28-20(18)21(25)24-12-10-23(11-13-24)16-8-6-15(22)7-9-16/h2-9H,10-14H2,1H3. The van der Waals surface area contributed by atoms with E-state index < -0.39 is 9.84 Å². The van der Waals surface area contributed by atoms with E-state index in [1.165, 1.54) is 0 Å². The number of nitrogens with zero attached hydrogens (tertiary/aromatic N) is 2. The molecule has 0 N–H and O–H groups in total. The van der Waals surface area contributed by atoms with E-state index in [0.717, 1.165) is 11.9 Å². The number of hydrogen-bond donors (Lipinski definition) is 0. The lowest BCUT2D eigenvalue weighted by molar-refractivity contribution is 0.0716. The van der Waals surface area contributed by atoms with Gasteiger partial charge in [0.2, 0.25) is 0 Å². The van der Waals surface area contributed by atoms with Crippen LogP contribution in [0, 0.1) is 0 Å². The Hall–Kier alpha value is -2.51.